The highest BCUT2D eigenvalue weighted by Crippen LogP contribution is 2.33. The van der Waals surface area contributed by atoms with Crippen molar-refractivity contribution in [3.63, 3.8) is 0 Å². The molecule has 1 nitrogen and oxygen atoms in total. The second kappa shape index (κ2) is 4.14. The van der Waals surface area contributed by atoms with E-state index in [1.807, 2.05) is 41.9 Å². The fraction of sp³-hybridized carbons (Fsp3) is 0.0667. The average molecular weight is 260 g/mol. The third-order valence-corrected chi connectivity index (χ3v) is 3.49. The number of aryl methyl sites for hydroxylation is 1. The molecule has 1 aromatic heterocycles. The molecule has 0 aliphatic carbocycles. The van der Waals surface area contributed by atoms with E-state index in [-0.39, 0.29) is 5.82 Å². The van der Waals surface area contributed by atoms with E-state index in [1.165, 1.54) is 6.07 Å². The van der Waals surface area contributed by atoms with Crippen LogP contribution in [0, 0.1) is 5.82 Å². The van der Waals surface area contributed by atoms with Gasteiger partial charge in [0.2, 0.25) is 0 Å². The Labute approximate surface area is 109 Å². The van der Waals surface area contributed by atoms with Gasteiger partial charge in [-0.3, -0.25) is 0 Å². The molecule has 0 amide bonds. The molecule has 0 saturated heterocycles. The Bertz CT molecular complexity index is 710. The van der Waals surface area contributed by atoms with E-state index in [4.69, 9.17) is 11.6 Å². The molecule has 3 heteroatoms. The van der Waals surface area contributed by atoms with Gasteiger partial charge in [0.15, 0.2) is 0 Å². The van der Waals surface area contributed by atoms with Crippen LogP contribution in [0.1, 0.15) is 0 Å². The van der Waals surface area contributed by atoms with Crippen LogP contribution in [0.2, 0.25) is 5.02 Å². The van der Waals surface area contributed by atoms with Crippen LogP contribution in [0.15, 0.2) is 48.5 Å². The molecule has 0 fully saturated rings. The number of hydrogen-bond acceptors (Lipinski definition) is 0. The first-order chi connectivity index (χ1) is 8.68. The summed E-state index contributed by atoms with van der Waals surface area (Å²) < 4.78 is 15.9. The van der Waals surface area contributed by atoms with E-state index < -0.39 is 0 Å². The molecule has 0 N–H and O–H groups in total. The molecule has 0 unspecified atom stereocenters. The summed E-state index contributed by atoms with van der Waals surface area (Å²) in [5, 5.41) is 1.51. The highest BCUT2D eigenvalue weighted by Gasteiger charge is 2.14. The summed E-state index contributed by atoms with van der Waals surface area (Å²) in [7, 11) is 1.92. The maximum atomic E-state index is 13.9. The highest BCUT2D eigenvalue weighted by molar-refractivity contribution is 6.33. The molecule has 0 bridgehead atoms. The minimum Gasteiger partial charge on any atom is -0.343 e. The highest BCUT2D eigenvalue weighted by atomic mass is 35.5. The number of aromatic nitrogens is 1. The van der Waals surface area contributed by atoms with Crippen LogP contribution in [0.5, 0.6) is 0 Å². The Balaban J connectivity index is 2.36. The van der Waals surface area contributed by atoms with Crippen LogP contribution in [-0.4, -0.2) is 4.57 Å². The summed E-state index contributed by atoms with van der Waals surface area (Å²) in [5.74, 6) is -0.298. The Morgan fingerprint density at radius 1 is 1.06 bits per heavy atom. The van der Waals surface area contributed by atoms with Crippen LogP contribution in [0.25, 0.3) is 22.2 Å². The SMILES string of the molecule is Cn1c(-c2c(F)cccc2Cl)cc2ccccc21. The summed E-state index contributed by atoms with van der Waals surface area (Å²) in [4.78, 5) is 0. The van der Waals surface area contributed by atoms with Crippen molar-refractivity contribution in [2.24, 2.45) is 7.05 Å². The number of nitrogens with zero attached hydrogens (tertiary/aromatic N) is 1. The number of benzene rings is 2. The third-order valence-electron chi connectivity index (χ3n) is 3.17. The first-order valence-electron chi connectivity index (χ1n) is 5.67. The maximum absolute atomic E-state index is 13.9. The zero-order chi connectivity index (χ0) is 12.7. The number of para-hydroxylation sites is 1. The monoisotopic (exact) mass is 259 g/mol. The standard InChI is InChI=1S/C15H11ClFN/c1-18-13-8-3-2-5-10(13)9-14(18)15-11(16)6-4-7-12(15)17/h2-9H,1H3. The first kappa shape index (κ1) is 11.3. The quantitative estimate of drug-likeness (QED) is 0.600. The molecule has 18 heavy (non-hydrogen) atoms. The summed E-state index contributed by atoms with van der Waals surface area (Å²) in [6, 6.07) is 14.7. The van der Waals surface area contributed by atoms with Gasteiger partial charge in [-0.15, -0.1) is 0 Å². The van der Waals surface area contributed by atoms with Gasteiger partial charge in [-0.1, -0.05) is 35.9 Å². The third kappa shape index (κ3) is 1.61. The van der Waals surface area contributed by atoms with Crippen molar-refractivity contribution in [3.8, 4) is 11.3 Å². The lowest BCUT2D eigenvalue weighted by Crippen LogP contribution is -1.94. The smallest absolute Gasteiger partial charge is 0.134 e. The Hall–Kier alpha value is -1.80. The van der Waals surface area contributed by atoms with Crippen LogP contribution >= 0.6 is 11.6 Å². The van der Waals surface area contributed by atoms with Gasteiger partial charge in [-0.05, 0) is 24.3 Å². The van der Waals surface area contributed by atoms with Crippen LogP contribution in [-0.2, 0) is 7.05 Å². The second-order valence-electron chi connectivity index (χ2n) is 4.24. The predicted octanol–water partition coefficient (Wildman–Crippen LogP) is 4.64. The minimum absolute atomic E-state index is 0.298. The largest absolute Gasteiger partial charge is 0.343 e. The normalized spacial score (nSPS) is 11.1. The predicted molar refractivity (Wildman–Crippen MR) is 73.3 cm³/mol. The van der Waals surface area contributed by atoms with E-state index in [0.717, 1.165) is 16.6 Å². The van der Waals surface area contributed by atoms with Gasteiger partial charge < -0.3 is 4.57 Å². The Morgan fingerprint density at radius 2 is 1.83 bits per heavy atom. The fourth-order valence-corrected chi connectivity index (χ4v) is 2.53. The van der Waals surface area contributed by atoms with E-state index in [9.17, 15) is 4.39 Å². The van der Waals surface area contributed by atoms with Crippen molar-refractivity contribution in [2.75, 3.05) is 0 Å². The topological polar surface area (TPSA) is 4.93 Å². The Morgan fingerprint density at radius 3 is 2.56 bits per heavy atom. The van der Waals surface area contributed by atoms with Crippen molar-refractivity contribution in [1.82, 2.24) is 4.57 Å². The van der Waals surface area contributed by atoms with Gasteiger partial charge in [0.1, 0.15) is 5.82 Å². The van der Waals surface area contributed by atoms with Crippen LogP contribution in [0.4, 0.5) is 4.39 Å². The Kier molecular flexibility index (Phi) is 2.60. The van der Waals surface area contributed by atoms with Gasteiger partial charge in [-0.2, -0.15) is 0 Å². The number of halogens is 2. The van der Waals surface area contributed by atoms with Crippen molar-refractivity contribution in [1.29, 1.82) is 0 Å². The van der Waals surface area contributed by atoms with E-state index >= 15 is 0 Å². The lowest BCUT2D eigenvalue weighted by molar-refractivity contribution is 0.630. The fourth-order valence-electron chi connectivity index (χ4n) is 2.27. The molecular weight excluding hydrogens is 249 g/mol. The van der Waals surface area contributed by atoms with Crippen molar-refractivity contribution < 1.29 is 4.39 Å². The molecular formula is C15H11ClFN. The second-order valence-corrected chi connectivity index (χ2v) is 4.65. The van der Waals surface area contributed by atoms with E-state index in [0.29, 0.717) is 10.6 Å². The molecule has 0 aliphatic heterocycles. The van der Waals surface area contributed by atoms with Crippen molar-refractivity contribution >= 4 is 22.5 Å². The average Bonchev–Trinajstić information content (AvgIpc) is 2.68. The van der Waals surface area contributed by atoms with Gasteiger partial charge >= 0.3 is 0 Å². The van der Waals surface area contributed by atoms with Crippen molar-refractivity contribution in [2.45, 2.75) is 0 Å². The molecule has 2 aromatic carbocycles. The minimum atomic E-state index is -0.298. The zero-order valence-corrected chi connectivity index (χ0v) is 10.6. The molecule has 0 saturated carbocycles. The van der Waals surface area contributed by atoms with Gasteiger partial charge in [-0.25, -0.2) is 4.39 Å². The van der Waals surface area contributed by atoms with Crippen LogP contribution < -0.4 is 0 Å². The number of hydrogen-bond donors (Lipinski definition) is 0. The van der Waals surface area contributed by atoms with Gasteiger partial charge in [0, 0.05) is 18.0 Å². The van der Waals surface area contributed by atoms with E-state index in [1.54, 1.807) is 12.1 Å². The van der Waals surface area contributed by atoms with Gasteiger partial charge in [0.25, 0.3) is 0 Å². The molecule has 90 valence electrons. The molecule has 0 radical (unpaired) electrons. The van der Waals surface area contributed by atoms with Crippen molar-refractivity contribution in [3.05, 3.63) is 59.4 Å². The zero-order valence-electron chi connectivity index (χ0n) is 9.82. The molecule has 3 rings (SSSR count). The van der Waals surface area contributed by atoms with Gasteiger partial charge in [0.05, 0.1) is 16.3 Å². The molecule has 0 aliphatic rings. The summed E-state index contributed by atoms with van der Waals surface area (Å²) in [6.07, 6.45) is 0. The molecule has 0 spiro atoms. The maximum Gasteiger partial charge on any atom is 0.134 e. The summed E-state index contributed by atoms with van der Waals surface area (Å²) in [5.41, 5.74) is 2.31. The molecule has 0 atom stereocenters. The molecule has 1 heterocycles. The summed E-state index contributed by atoms with van der Waals surface area (Å²) >= 11 is 6.11. The number of rotatable bonds is 1. The lowest BCUT2D eigenvalue weighted by atomic mass is 10.1. The van der Waals surface area contributed by atoms with Crippen LogP contribution in [0.3, 0.4) is 0 Å². The summed E-state index contributed by atoms with van der Waals surface area (Å²) in [6.45, 7) is 0. The number of fused-ring (bicyclic) bond motifs is 1. The molecule has 3 aromatic rings. The van der Waals surface area contributed by atoms with E-state index in [2.05, 4.69) is 0 Å². The lowest BCUT2D eigenvalue weighted by Gasteiger charge is -2.07. The first-order valence-corrected chi connectivity index (χ1v) is 6.05.